The van der Waals surface area contributed by atoms with Gasteiger partial charge in [0.25, 0.3) is 6.43 Å². The fraction of sp³-hybridized carbons (Fsp3) is 0.941. The topological polar surface area (TPSA) is 41.6 Å². The Hall–Kier alpha value is -0.910. The number of hydrogen-bond acceptors (Lipinski definition) is 3. The number of carbonyl (C=O) groups is 1. The summed E-state index contributed by atoms with van der Waals surface area (Å²) in [6.45, 7) is 6.04. The Morgan fingerprint density at radius 3 is 2.57 bits per heavy atom. The average molecular weight is 332 g/mol. The van der Waals surface area contributed by atoms with E-state index in [1.807, 2.05) is 25.7 Å². The van der Waals surface area contributed by atoms with Crippen molar-refractivity contribution in [3.63, 3.8) is 0 Å². The average Bonchev–Trinajstić information content (AvgIpc) is 2.93. The molecule has 6 heteroatoms. The maximum Gasteiger partial charge on any atom is 0.410 e. The first-order valence-electron chi connectivity index (χ1n) is 8.79. The van der Waals surface area contributed by atoms with Gasteiger partial charge in [0.05, 0.1) is 6.54 Å². The van der Waals surface area contributed by atoms with E-state index >= 15 is 0 Å². The van der Waals surface area contributed by atoms with Gasteiger partial charge in [-0.1, -0.05) is 12.8 Å². The molecule has 1 saturated carbocycles. The second-order valence-corrected chi connectivity index (χ2v) is 7.74. The molecule has 2 fully saturated rings. The predicted octanol–water partition coefficient (Wildman–Crippen LogP) is 3.80. The van der Waals surface area contributed by atoms with Gasteiger partial charge < -0.3 is 15.0 Å². The van der Waals surface area contributed by atoms with Gasteiger partial charge in [-0.25, -0.2) is 13.6 Å². The molecule has 2 rings (SSSR count). The monoisotopic (exact) mass is 332 g/mol. The molecule has 0 spiro atoms. The maximum absolute atomic E-state index is 12.5. The van der Waals surface area contributed by atoms with Gasteiger partial charge in [0.1, 0.15) is 5.60 Å². The molecule has 0 radical (unpaired) electrons. The minimum atomic E-state index is -2.33. The zero-order valence-electron chi connectivity index (χ0n) is 14.5. The molecule has 1 aliphatic carbocycles. The van der Waals surface area contributed by atoms with E-state index in [2.05, 4.69) is 5.32 Å². The molecule has 0 aromatic rings. The van der Waals surface area contributed by atoms with Crippen LogP contribution in [0.25, 0.3) is 0 Å². The Labute approximate surface area is 137 Å². The van der Waals surface area contributed by atoms with Crippen molar-refractivity contribution in [2.75, 3.05) is 13.1 Å². The second-order valence-electron chi connectivity index (χ2n) is 7.74. The molecule has 2 aliphatic rings. The number of nitrogens with one attached hydrogen (secondary N) is 1. The molecule has 1 N–H and O–H groups in total. The first kappa shape index (κ1) is 18.4. The summed E-state index contributed by atoms with van der Waals surface area (Å²) in [7, 11) is 0. The summed E-state index contributed by atoms with van der Waals surface area (Å²) in [5.41, 5.74) is -0.510. The normalized spacial score (nSPS) is 29.1. The van der Waals surface area contributed by atoms with Gasteiger partial charge in [-0.15, -0.1) is 0 Å². The number of nitrogens with zero attached hydrogens (tertiary/aromatic N) is 1. The number of hydrogen-bond donors (Lipinski definition) is 1. The van der Waals surface area contributed by atoms with Crippen molar-refractivity contribution in [3.8, 4) is 0 Å². The number of amides is 1. The van der Waals surface area contributed by atoms with Crippen LogP contribution in [-0.4, -0.2) is 48.2 Å². The summed E-state index contributed by atoms with van der Waals surface area (Å²) in [6.07, 6.45) is 3.38. The Balaban J connectivity index is 2.02. The Bertz CT molecular complexity index is 399. The largest absolute Gasteiger partial charge is 0.444 e. The predicted molar refractivity (Wildman–Crippen MR) is 85.7 cm³/mol. The van der Waals surface area contributed by atoms with Gasteiger partial charge in [0.2, 0.25) is 0 Å². The van der Waals surface area contributed by atoms with Gasteiger partial charge >= 0.3 is 6.09 Å². The van der Waals surface area contributed by atoms with Crippen molar-refractivity contribution in [2.45, 2.75) is 83.4 Å². The summed E-state index contributed by atoms with van der Waals surface area (Å²) in [5.74, 6) is 0.248. The zero-order valence-corrected chi connectivity index (χ0v) is 14.5. The number of alkyl halides is 2. The number of carbonyl (C=O) groups excluding carboxylic acids is 1. The van der Waals surface area contributed by atoms with E-state index in [0.29, 0.717) is 6.54 Å². The standard InChI is InChI=1S/C17H30F2N2O2/c1-17(2,3)23-16(22)21-10-6-9-14(21)12-7-4-5-8-13(12)20-11-15(18)19/h12-15,20H,4-11H2,1-3H3. The Kier molecular flexibility index (Phi) is 6.23. The summed E-state index contributed by atoms with van der Waals surface area (Å²) >= 11 is 0. The SMILES string of the molecule is CC(C)(C)OC(=O)N1CCCC1C1CCCCC1NCC(F)F. The molecule has 23 heavy (non-hydrogen) atoms. The highest BCUT2D eigenvalue weighted by atomic mass is 19.3. The number of rotatable bonds is 4. The molecule has 1 amide bonds. The van der Waals surface area contributed by atoms with Crippen molar-refractivity contribution >= 4 is 6.09 Å². The van der Waals surface area contributed by atoms with Crippen LogP contribution in [0, 0.1) is 5.92 Å². The summed E-state index contributed by atoms with van der Waals surface area (Å²) in [4.78, 5) is 14.3. The number of halogens is 2. The number of likely N-dealkylation sites (tertiary alicyclic amines) is 1. The van der Waals surface area contributed by atoms with Crippen molar-refractivity contribution in [2.24, 2.45) is 5.92 Å². The van der Waals surface area contributed by atoms with Crippen LogP contribution in [-0.2, 0) is 4.74 Å². The number of ether oxygens (including phenoxy) is 1. The van der Waals surface area contributed by atoms with E-state index in [1.54, 1.807) is 0 Å². The molecule has 1 heterocycles. The highest BCUT2D eigenvalue weighted by molar-refractivity contribution is 5.69. The highest BCUT2D eigenvalue weighted by Crippen LogP contribution is 2.35. The van der Waals surface area contributed by atoms with E-state index in [-0.39, 0.29) is 30.6 Å². The van der Waals surface area contributed by atoms with Crippen LogP contribution in [0.2, 0.25) is 0 Å². The molecule has 0 bridgehead atoms. The van der Waals surface area contributed by atoms with Gasteiger partial charge in [-0.05, 0) is 52.4 Å². The van der Waals surface area contributed by atoms with E-state index in [9.17, 15) is 13.6 Å². The van der Waals surface area contributed by atoms with Crippen LogP contribution < -0.4 is 5.32 Å². The van der Waals surface area contributed by atoms with Crippen molar-refractivity contribution in [1.82, 2.24) is 10.2 Å². The molecule has 0 aromatic carbocycles. The molecule has 3 unspecified atom stereocenters. The minimum absolute atomic E-state index is 0.0748. The summed E-state index contributed by atoms with van der Waals surface area (Å²) in [6, 6.07) is 0.186. The molecule has 4 nitrogen and oxygen atoms in total. The van der Waals surface area contributed by atoms with Crippen molar-refractivity contribution in [3.05, 3.63) is 0 Å². The quantitative estimate of drug-likeness (QED) is 0.851. The van der Waals surface area contributed by atoms with Crippen LogP contribution in [0.4, 0.5) is 13.6 Å². The molecule has 1 saturated heterocycles. The van der Waals surface area contributed by atoms with Crippen LogP contribution in [0.3, 0.4) is 0 Å². The van der Waals surface area contributed by atoms with E-state index < -0.39 is 12.0 Å². The van der Waals surface area contributed by atoms with Crippen LogP contribution >= 0.6 is 0 Å². The first-order valence-corrected chi connectivity index (χ1v) is 8.79. The fourth-order valence-corrected chi connectivity index (χ4v) is 3.90. The Morgan fingerprint density at radius 2 is 1.91 bits per heavy atom. The zero-order chi connectivity index (χ0) is 17.0. The van der Waals surface area contributed by atoms with E-state index in [4.69, 9.17) is 4.74 Å². The summed E-state index contributed by atoms with van der Waals surface area (Å²) in [5, 5.41) is 3.03. The maximum atomic E-state index is 12.5. The van der Waals surface area contributed by atoms with Crippen LogP contribution in [0.5, 0.6) is 0 Å². The van der Waals surface area contributed by atoms with Gasteiger partial charge in [0, 0.05) is 18.6 Å². The van der Waals surface area contributed by atoms with E-state index in [1.165, 1.54) is 0 Å². The van der Waals surface area contributed by atoms with Crippen molar-refractivity contribution in [1.29, 1.82) is 0 Å². The van der Waals surface area contributed by atoms with Crippen LogP contribution in [0.1, 0.15) is 59.3 Å². The minimum Gasteiger partial charge on any atom is -0.444 e. The first-order chi connectivity index (χ1) is 10.8. The lowest BCUT2D eigenvalue weighted by Gasteiger charge is -2.40. The van der Waals surface area contributed by atoms with Crippen LogP contribution in [0.15, 0.2) is 0 Å². The molecule has 0 aromatic heterocycles. The fourth-order valence-electron chi connectivity index (χ4n) is 3.90. The Morgan fingerprint density at radius 1 is 1.22 bits per heavy atom. The molecule has 3 atom stereocenters. The van der Waals surface area contributed by atoms with Gasteiger partial charge in [0.15, 0.2) is 0 Å². The second kappa shape index (κ2) is 7.77. The van der Waals surface area contributed by atoms with Gasteiger partial charge in [-0.2, -0.15) is 0 Å². The summed E-state index contributed by atoms with van der Waals surface area (Å²) < 4.78 is 30.6. The molecule has 1 aliphatic heterocycles. The van der Waals surface area contributed by atoms with Gasteiger partial charge in [-0.3, -0.25) is 0 Å². The van der Waals surface area contributed by atoms with E-state index in [0.717, 1.165) is 38.5 Å². The third-order valence-corrected chi connectivity index (χ3v) is 4.78. The lowest BCUT2D eigenvalue weighted by Crippen LogP contribution is -2.51. The lowest BCUT2D eigenvalue weighted by molar-refractivity contribution is 0.0125. The highest BCUT2D eigenvalue weighted by Gasteiger charge is 2.40. The third kappa shape index (κ3) is 5.30. The smallest absolute Gasteiger partial charge is 0.410 e. The molecular weight excluding hydrogens is 302 g/mol. The molecular formula is C17H30F2N2O2. The van der Waals surface area contributed by atoms with Crippen molar-refractivity contribution < 1.29 is 18.3 Å². The third-order valence-electron chi connectivity index (χ3n) is 4.78. The molecule has 134 valence electrons. The lowest BCUT2D eigenvalue weighted by atomic mass is 9.79.